The maximum Gasteiger partial charge on any atom is 0.152 e. The van der Waals surface area contributed by atoms with Crippen LogP contribution in [0.4, 0.5) is 5.69 Å². The first-order valence-electron chi connectivity index (χ1n) is 7.34. The van der Waals surface area contributed by atoms with E-state index in [1.807, 2.05) is 6.07 Å². The SMILES string of the molecule is CC(C)NCc1ccc(Br)cc1N1CCCS(=O)(=O)CC1. The summed E-state index contributed by atoms with van der Waals surface area (Å²) in [6.45, 7) is 6.41. The number of hydrogen-bond acceptors (Lipinski definition) is 4. The third-order valence-electron chi connectivity index (χ3n) is 3.64. The van der Waals surface area contributed by atoms with Crippen molar-refractivity contribution >= 4 is 31.5 Å². The van der Waals surface area contributed by atoms with Crippen molar-refractivity contribution in [2.45, 2.75) is 32.9 Å². The van der Waals surface area contributed by atoms with Gasteiger partial charge < -0.3 is 10.2 Å². The first kappa shape index (κ1) is 16.8. The maximum atomic E-state index is 11.8. The molecule has 1 fully saturated rings. The smallest absolute Gasteiger partial charge is 0.152 e. The second kappa shape index (κ2) is 7.11. The molecule has 1 aliphatic heterocycles. The monoisotopic (exact) mass is 374 g/mol. The Morgan fingerprint density at radius 2 is 2.05 bits per heavy atom. The van der Waals surface area contributed by atoms with E-state index >= 15 is 0 Å². The summed E-state index contributed by atoms with van der Waals surface area (Å²) in [5.74, 6) is 0.549. The topological polar surface area (TPSA) is 49.4 Å². The van der Waals surface area contributed by atoms with E-state index in [9.17, 15) is 8.42 Å². The van der Waals surface area contributed by atoms with Crippen LogP contribution in [0.1, 0.15) is 25.8 Å². The summed E-state index contributed by atoms with van der Waals surface area (Å²) < 4.78 is 24.6. The average molecular weight is 375 g/mol. The van der Waals surface area contributed by atoms with Gasteiger partial charge in [0.2, 0.25) is 0 Å². The fraction of sp³-hybridized carbons (Fsp3) is 0.600. The molecule has 118 valence electrons. The lowest BCUT2D eigenvalue weighted by Crippen LogP contribution is -2.29. The molecule has 1 saturated heterocycles. The molecule has 0 aromatic heterocycles. The molecule has 1 N–H and O–H groups in total. The van der Waals surface area contributed by atoms with Crippen LogP contribution in [0.5, 0.6) is 0 Å². The van der Waals surface area contributed by atoms with Crippen molar-refractivity contribution in [3.8, 4) is 0 Å². The highest BCUT2D eigenvalue weighted by molar-refractivity contribution is 9.10. The van der Waals surface area contributed by atoms with E-state index in [4.69, 9.17) is 0 Å². The maximum absolute atomic E-state index is 11.8. The molecule has 0 spiro atoms. The van der Waals surface area contributed by atoms with Gasteiger partial charge in [-0.25, -0.2) is 8.42 Å². The third kappa shape index (κ3) is 4.97. The highest BCUT2D eigenvalue weighted by atomic mass is 79.9. The number of benzene rings is 1. The van der Waals surface area contributed by atoms with Crippen molar-refractivity contribution in [2.75, 3.05) is 29.5 Å². The fourth-order valence-corrected chi connectivity index (χ4v) is 4.09. The minimum absolute atomic E-state index is 0.247. The van der Waals surface area contributed by atoms with Crippen LogP contribution in [-0.4, -0.2) is 39.1 Å². The van der Waals surface area contributed by atoms with E-state index in [1.54, 1.807) is 0 Å². The van der Waals surface area contributed by atoms with Crippen LogP contribution < -0.4 is 10.2 Å². The van der Waals surface area contributed by atoms with E-state index < -0.39 is 9.84 Å². The number of hydrogen-bond donors (Lipinski definition) is 1. The average Bonchev–Trinajstić information content (AvgIpc) is 2.58. The van der Waals surface area contributed by atoms with Gasteiger partial charge in [0.1, 0.15) is 0 Å². The van der Waals surface area contributed by atoms with Gasteiger partial charge in [0, 0.05) is 35.8 Å². The van der Waals surface area contributed by atoms with Crippen LogP contribution in [0.3, 0.4) is 0 Å². The van der Waals surface area contributed by atoms with Crippen molar-refractivity contribution in [1.29, 1.82) is 0 Å². The zero-order valence-corrected chi connectivity index (χ0v) is 15.0. The fourth-order valence-electron chi connectivity index (χ4n) is 2.47. The molecule has 1 aromatic rings. The van der Waals surface area contributed by atoms with Crippen molar-refractivity contribution in [3.63, 3.8) is 0 Å². The van der Waals surface area contributed by atoms with Gasteiger partial charge in [-0.1, -0.05) is 35.8 Å². The molecule has 0 aliphatic carbocycles. The lowest BCUT2D eigenvalue weighted by Gasteiger charge is -2.26. The second-order valence-electron chi connectivity index (χ2n) is 5.80. The lowest BCUT2D eigenvalue weighted by molar-refractivity contribution is 0.587. The first-order chi connectivity index (χ1) is 9.87. The van der Waals surface area contributed by atoms with E-state index in [-0.39, 0.29) is 5.75 Å². The van der Waals surface area contributed by atoms with E-state index in [2.05, 4.69) is 52.1 Å². The van der Waals surface area contributed by atoms with Gasteiger partial charge in [-0.05, 0) is 24.1 Å². The number of nitrogens with zero attached hydrogens (tertiary/aromatic N) is 1. The van der Waals surface area contributed by atoms with Gasteiger partial charge in [0.15, 0.2) is 9.84 Å². The number of sulfone groups is 1. The quantitative estimate of drug-likeness (QED) is 0.879. The van der Waals surface area contributed by atoms with Gasteiger partial charge in [-0.15, -0.1) is 0 Å². The molecule has 21 heavy (non-hydrogen) atoms. The first-order valence-corrected chi connectivity index (χ1v) is 9.96. The van der Waals surface area contributed by atoms with Crippen molar-refractivity contribution < 1.29 is 8.42 Å². The molecule has 0 radical (unpaired) electrons. The molecular weight excluding hydrogens is 352 g/mol. The van der Waals surface area contributed by atoms with Crippen LogP contribution in [0, 0.1) is 0 Å². The summed E-state index contributed by atoms with van der Waals surface area (Å²) in [6.07, 6.45) is 0.700. The van der Waals surface area contributed by atoms with Crippen LogP contribution in [-0.2, 0) is 16.4 Å². The molecule has 0 atom stereocenters. The molecule has 0 saturated carbocycles. The van der Waals surface area contributed by atoms with Gasteiger partial charge in [-0.3, -0.25) is 0 Å². The Morgan fingerprint density at radius 3 is 2.76 bits per heavy atom. The summed E-state index contributed by atoms with van der Waals surface area (Å²) in [7, 11) is -2.88. The molecule has 0 unspecified atom stereocenters. The summed E-state index contributed by atoms with van der Waals surface area (Å²) in [6, 6.07) is 6.66. The zero-order valence-electron chi connectivity index (χ0n) is 12.6. The van der Waals surface area contributed by atoms with Crippen molar-refractivity contribution in [1.82, 2.24) is 5.32 Å². The molecule has 1 aliphatic rings. The highest BCUT2D eigenvalue weighted by Crippen LogP contribution is 2.26. The standard InChI is InChI=1S/C15H23BrN2O2S/c1-12(2)17-11-13-4-5-14(16)10-15(13)18-6-3-8-21(19,20)9-7-18/h4-5,10,12,17H,3,6-9,11H2,1-2H3. The largest absolute Gasteiger partial charge is 0.370 e. The Hall–Kier alpha value is -0.590. The van der Waals surface area contributed by atoms with E-state index in [0.29, 0.717) is 24.8 Å². The van der Waals surface area contributed by atoms with Gasteiger partial charge >= 0.3 is 0 Å². The number of rotatable bonds is 4. The van der Waals surface area contributed by atoms with Gasteiger partial charge in [0.05, 0.1) is 11.5 Å². The molecule has 0 amide bonds. The van der Waals surface area contributed by atoms with E-state index in [0.717, 1.165) is 23.2 Å². The van der Waals surface area contributed by atoms with E-state index in [1.165, 1.54) is 5.56 Å². The van der Waals surface area contributed by atoms with Crippen LogP contribution in [0.25, 0.3) is 0 Å². The van der Waals surface area contributed by atoms with Crippen LogP contribution in [0.15, 0.2) is 22.7 Å². The van der Waals surface area contributed by atoms with Crippen molar-refractivity contribution in [2.24, 2.45) is 0 Å². The molecule has 1 aromatic carbocycles. The van der Waals surface area contributed by atoms with Gasteiger partial charge in [-0.2, -0.15) is 0 Å². The minimum atomic E-state index is -2.88. The minimum Gasteiger partial charge on any atom is -0.370 e. The zero-order chi connectivity index (χ0) is 15.5. The number of nitrogens with one attached hydrogen (secondary N) is 1. The molecule has 2 rings (SSSR count). The summed E-state index contributed by atoms with van der Waals surface area (Å²) >= 11 is 3.52. The predicted molar refractivity (Wildman–Crippen MR) is 91.6 cm³/mol. The Labute approximate surface area is 136 Å². The second-order valence-corrected chi connectivity index (χ2v) is 9.02. The van der Waals surface area contributed by atoms with Crippen molar-refractivity contribution in [3.05, 3.63) is 28.2 Å². The summed E-state index contributed by atoms with van der Waals surface area (Å²) in [5.41, 5.74) is 2.35. The molecule has 0 bridgehead atoms. The molecule has 4 nitrogen and oxygen atoms in total. The Balaban J connectivity index is 2.22. The molecule has 6 heteroatoms. The normalized spacial score (nSPS) is 18.8. The molecular formula is C15H23BrN2O2S. The highest BCUT2D eigenvalue weighted by Gasteiger charge is 2.21. The third-order valence-corrected chi connectivity index (χ3v) is 5.85. The number of halogens is 1. The predicted octanol–water partition coefficient (Wildman–Crippen LogP) is 2.57. The summed E-state index contributed by atoms with van der Waals surface area (Å²) in [5, 5.41) is 3.43. The Morgan fingerprint density at radius 1 is 1.29 bits per heavy atom. The Kier molecular flexibility index (Phi) is 5.68. The summed E-state index contributed by atoms with van der Waals surface area (Å²) in [4.78, 5) is 2.20. The van der Waals surface area contributed by atoms with Crippen LogP contribution in [0.2, 0.25) is 0 Å². The van der Waals surface area contributed by atoms with Crippen LogP contribution >= 0.6 is 15.9 Å². The molecule has 1 heterocycles. The van der Waals surface area contributed by atoms with Gasteiger partial charge in [0.25, 0.3) is 0 Å². The Bertz CT molecular complexity index is 587. The number of anilines is 1. The lowest BCUT2D eigenvalue weighted by atomic mass is 10.1.